The summed E-state index contributed by atoms with van der Waals surface area (Å²) in [5, 5.41) is 11.0. The van der Waals surface area contributed by atoms with E-state index in [9.17, 15) is 8.78 Å². The molecule has 0 radical (unpaired) electrons. The number of halogens is 2. The molecule has 0 bridgehead atoms. The van der Waals surface area contributed by atoms with Gasteiger partial charge in [0.05, 0.1) is 11.7 Å². The standard InChI is InChI=1S/C26H24F2N8/c27-18-4-5-20(28)33-25(18)34-21-8-14(6-7-31-21)24-32-19-12-30-9-15(13-2-1-3-13)22(19)26(36-24)35-23-16-10-29-11-17(16)23/h4-9,12-13,16-17,23,29H,1-3,10-11H2,(H,31,33,34)(H,32,35,36)/t16-,17+,23+. The van der Waals surface area contributed by atoms with Crippen LogP contribution in [0.3, 0.4) is 0 Å². The molecule has 2 aliphatic carbocycles. The van der Waals surface area contributed by atoms with E-state index in [-0.39, 0.29) is 5.82 Å². The fourth-order valence-electron chi connectivity index (χ4n) is 5.43. The van der Waals surface area contributed by atoms with Gasteiger partial charge in [0.2, 0.25) is 5.95 Å². The van der Waals surface area contributed by atoms with E-state index < -0.39 is 11.8 Å². The van der Waals surface area contributed by atoms with Gasteiger partial charge in [-0.15, -0.1) is 0 Å². The van der Waals surface area contributed by atoms with Crippen molar-refractivity contribution in [1.29, 1.82) is 0 Å². The fourth-order valence-corrected chi connectivity index (χ4v) is 5.43. The van der Waals surface area contributed by atoms with Crippen LogP contribution in [0.5, 0.6) is 0 Å². The number of anilines is 3. The molecular formula is C26H24F2N8. The van der Waals surface area contributed by atoms with Crippen LogP contribution in [0.4, 0.5) is 26.2 Å². The van der Waals surface area contributed by atoms with E-state index in [0.29, 0.717) is 41.0 Å². The van der Waals surface area contributed by atoms with Crippen molar-refractivity contribution in [3.05, 3.63) is 60.2 Å². The van der Waals surface area contributed by atoms with Gasteiger partial charge < -0.3 is 16.0 Å². The quantitative estimate of drug-likeness (QED) is 0.345. The molecule has 0 spiro atoms. The molecule has 4 aromatic heterocycles. The van der Waals surface area contributed by atoms with Crippen LogP contribution in [0.2, 0.25) is 0 Å². The van der Waals surface area contributed by atoms with Gasteiger partial charge in [0.1, 0.15) is 11.6 Å². The van der Waals surface area contributed by atoms with Gasteiger partial charge in [-0.3, -0.25) is 4.98 Å². The van der Waals surface area contributed by atoms with Crippen LogP contribution in [0, 0.1) is 23.6 Å². The number of fused-ring (bicyclic) bond motifs is 2. The third-order valence-electron chi connectivity index (χ3n) is 7.65. The van der Waals surface area contributed by atoms with Gasteiger partial charge in [-0.2, -0.15) is 9.37 Å². The number of hydrogen-bond acceptors (Lipinski definition) is 8. The zero-order valence-corrected chi connectivity index (χ0v) is 19.4. The zero-order valence-electron chi connectivity index (χ0n) is 19.4. The average Bonchev–Trinajstić information content (AvgIpc) is 3.25. The summed E-state index contributed by atoms with van der Waals surface area (Å²) < 4.78 is 27.6. The van der Waals surface area contributed by atoms with Gasteiger partial charge in [-0.05, 0) is 60.4 Å². The molecular weight excluding hydrogens is 462 g/mol. The Morgan fingerprint density at radius 3 is 2.61 bits per heavy atom. The molecule has 10 heteroatoms. The highest BCUT2D eigenvalue weighted by Crippen LogP contribution is 2.46. The zero-order chi connectivity index (χ0) is 24.2. The molecule has 5 heterocycles. The monoisotopic (exact) mass is 486 g/mol. The van der Waals surface area contributed by atoms with Crippen molar-refractivity contribution in [3.8, 4) is 11.4 Å². The van der Waals surface area contributed by atoms with Crippen LogP contribution < -0.4 is 16.0 Å². The van der Waals surface area contributed by atoms with Crippen LogP contribution >= 0.6 is 0 Å². The fraction of sp³-hybridized carbons (Fsp3) is 0.346. The lowest BCUT2D eigenvalue weighted by Gasteiger charge is -2.27. The number of rotatable bonds is 6. The minimum atomic E-state index is -0.779. The first-order chi connectivity index (χ1) is 17.6. The lowest BCUT2D eigenvalue weighted by atomic mass is 9.79. The highest BCUT2D eigenvalue weighted by atomic mass is 19.1. The molecule has 4 aromatic rings. The Kier molecular flexibility index (Phi) is 5.02. The Hall–Kier alpha value is -3.79. The molecule has 0 amide bonds. The molecule has 3 fully saturated rings. The van der Waals surface area contributed by atoms with Gasteiger partial charge in [0.25, 0.3) is 0 Å². The van der Waals surface area contributed by atoms with Crippen LogP contribution in [-0.2, 0) is 0 Å². The van der Waals surface area contributed by atoms with Crippen molar-refractivity contribution < 1.29 is 8.78 Å². The molecule has 3 atom stereocenters. The largest absolute Gasteiger partial charge is 0.366 e. The molecule has 0 unspecified atom stereocenters. The smallest absolute Gasteiger partial charge is 0.214 e. The molecule has 2 saturated carbocycles. The summed E-state index contributed by atoms with van der Waals surface area (Å²) in [7, 11) is 0. The summed E-state index contributed by atoms with van der Waals surface area (Å²) >= 11 is 0. The lowest BCUT2D eigenvalue weighted by Crippen LogP contribution is -2.22. The third-order valence-corrected chi connectivity index (χ3v) is 7.65. The van der Waals surface area contributed by atoms with Gasteiger partial charge >= 0.3 is 0 Å². The predicted octanol–water partition coefficient (Wildman–Crippen LogP) is 4.40. The van der Waals surface area contributed by atoms with Gasteiger partial charge in [-0.1, -0.05) is 6.42 Å². The Bertz CT molecular complexity index is 1460. The predicted molar refractivity (Wildman–Crippen MR) is 132 cm³/mol. The normalized spacial score (nSPS) is 22.8. The highest BCUT2D eigenvalue weighted by molar-refractivity contribution is 5.93. The molecule has 0 aromatic carbocycles. The second kappa shape index (κ2) is 8.41. The molecule has 7 rings (SSSR count). The Labute approximate surface area is 206 Å². The van der Waals surface area contributed by atoms with Gasteiger partial charge in [0, 0.05) is 42.5 Å². The summed E-state index contributed by atoms with van der Waals surface area (Å²) in [5.41, 5.74) is 2.70. The molecule has 36 heavy (non-hydrogen) atoms. The maximum absolute atomic E-state index is 14.1. The van der Waals surface area contributed by atoms with E-state index in [0.717, 1.165) is 54.8 Å². The molecule has 182 valence electrons. The van der Waals surface area contributed by atoms with Crippen LogP contribution in [0.15, 0.2) is 42.9 Å². The number of hydrogen-bond donors (Lipinski definition) is 3. The molecule has 8 nitrogen and oxygen atoms in total. The summed E-state index contributed by atoms with van der Waals surface area (Å²) in [6.45, 7) is 2.05. The number of nitrogens with zero attached hydrogens (tertiary/aromatic N) is 5. The van der Waals surface area contributed by atoms with Crippen molar-refractivity contribution >= 4 is 28.4 Å². The van der Waals surface area contributed by atoms with E-state index in [1.54, 1.807) is 24.5 Å². The van der Waals surface area contributed by atoms with Crippen molar-refractivity contribution in [1.82, 2.24) is 30.2 Å². The first-order valence-corrected chi connectivity index (χ1v) is 12.3. The van der Waals surface area contributed by atoms with E-state index >= 15 is 0 Å². The SMILES string of the molecule is Fc1ccc(F)c(Nc2cc(-c3nc(N[C@H]4[C@@H]5CNC[C@@H]54)c4c(C5CCC5)cncc4n3)ccn2)n1. The maximum atomic E-state index is 14.1. The van der Waals surface area contributed by atoms with Gasteiger partial charge in [-0.25, -0.2) is 19.3 Å². The summed E-state index contributed by atoms with van der Waals surface area (Å²) in [6, 6.07) is 5.89. The summed E-state index contributed by atoms with van der Waals surface area (Å²) in [6.07, 6.45) is 8.87. The lowest BCUT2D eigenvalue weighted by molar-refractivity contribution is 0.421. The first kappa shape index (κ1) is 21.5. The van der Waals surface area contributed by atoms with Gasteiger partial charge in [0.15, 0.2) is 17.5 Å². The van der Waals surface area contributed by atoms with E-state index in [1.807, 2.05) is 6.20 Å². The minimum Gasteiger partial charge on any atom is -0.366 e. The Morgan fingerprint density at radius 1 is 0.944 bits per heavy atom. The second-order valence-corrected chi connectivity index (χ2v) is 9.82. The van der Waals surface area contributed by atoms with Crippen molar-refractivity contribution in [2.45, 2.75) is 31.2 Å². The van der Waals surface area contributed by atoms with Crippen molar-refractivity contribution in [2.75, 3.05) is 23.7 Å². The second-order valence-electron chi connectivity index (χ2n) is 9.82. The van der Waals surface area contributed by atoms with Crippen molar-refractivity contribution in [3.63, 3.8) is 0 Å². The van der Waals surface area contributed by atoms with Crippen LogP contribution in [0.1, 0.15) is 30.7 Å². The maximum Gasteiger partial charge on any atom is 0.214 e. The third kappa shape index (κ3) is 3.72. The Morgan fingerprint density at radius 2 is 1.81 bits per heavy atom. The summed E-state index contributed by atoms with van der Waals surface area (Å²) in [4.78, 5) is 22.2. The molecule has 1 saturated heterocycles. The Balaban J connectivity index is 1.28. The van der Waals surface area contributed by atoms with Crippen LogP contribution in [-0.4, -0.2) is 44.1 Å². The number of piperidine rings is 1. The topological polar surface area (TPSA) is 101 Å². The van der Waals surface area contributed by atoms with Crippen molar-refractivity contribution in [2.24, 2.45) is 11.8 Å². The summed E-state index contributed by atoms with van der Waals surface area (Å²) in [5.74, 6) is 1.71. The van der Waals surface area contributed by atoms with E-state index in [2.05, 4.69) is 30.9 Å². The molecule has 1 aliphatic heterocycles. The minimum absolute atomic E-state index is 0.232. The number of nitrogens with one attached hydrogen (secondary N) is 3. The molecule has 3 N–H and O–H groups in total. The van der Waals surface area contributed by atoms with E-state index in [1.165, 1.54) is 12.0 Å². The average molecular weight is 487 g/mol. The number of pyridine rings is 3. The highest BCUT2D eigenvalue weighted by Gasteiger charge is 2.53. The molecule has 3 aliphatic rings. The van der Waals surface area contributed by atoms with E-state index in [4.69, 9.17) is 9.97 Å². The first-order valence-electron chi connectivity index (χ1n) is 12.3. The number of aromatic nitrogens is 5. The van der Waals surface area contributed by atoms with Crippen LogP contribution in [0.25, 0.3) is 22.3 Å².